The van der Waals surface area contributed by atoms with E-state index >= 15 is 0 Å². The van der Waals surface area contributed by atoms with Gasteiger partial charge < -0.3 is 0 Å². The van der Waals surface area contributed by atoms with Gasteiger partial charge in [0.05, 0.1) is 23.6 Å². The van der Waals surface area contributed by atoms with Gasteiger partial charge in [-0.1, -0.05) is 60.2 Å². The molecule has 1 aliphatic heterocycles. The Bertz CT molecular complexity index is 1200. The molecule has 5 rings (SSSR count). The van der Waals surface area contributed by atoms with Crippen LogP contribution in [0.5, 0.6) is 0 Å². The summed E-state index contributed by atoms with van der Waals surface area (Å²) in [5.74, 6) is 0. The van der Waals surface area contributed by atoms with Crippen molar-refractivity contribution in [2.45, 2.75) is 26.3 Å². The molecule has 0 fully saturated rings. The minimum absolute atomic E-state index is 0.0878. The van der Waals surface area contributed by atoms with Crippen molar-refractivity contribution in [3.63, 3.8) is 0 Å². The number of rotatable bonds is 4. The van der Waals surface area contributed by atoms with Crippen molar-refractivity contribution in [2.75, 3.05) is 5.01 Å². The molecule has 0 aliphatic carbocycles. The predicted octanol–water partition coefficient (Wildman–Crippen LogP) is 5.52. The number of hydrogen-bond donors (Lipinski definition) is 0. The van der Waals surface area contributed by atoms with Crippen LogP contribution in [-0.2, 0) is 7.05 Å². The van der Waals surface area contributed by atoms with Gasteiger partial charge in [-0.3, -0.25) is 4.68 Å². The van der Waals surface area contributed by atoms with Crippen LogP contribution in [0, 0.1) is 13.8 Å². The summed E-state index contributed by atoms with van der Waals surface area (Å²) in [4.78, 5) is 4.93. The maximum atomic E-state index is 5.03. The van der Waals surface area contributed by atoms with Crippen LogP contribution in [-0.4, -0.2) is 20.5 Å². The number of aryl methyl sites for hydroxylation is 2. The van der Waals surface area contributed by atoms with Gasteiger partial charge in [0.1, 0.15) is 0 Å². The van der Waals surface area contributed by atoms with E-state index in [1.54, 1.807) is 11.3 Å². The number of anilines is 1. The molecule has 0 bridgehead atoms. The summed E-state index contributed by atoms with van der Waals surface area (Å²) in [7, 11) is 1.98. The van der Waals surface area contributed by atoms with Gasteiger partial charge in [0.25, 0.3) is 0 Å². The summed E-state index contributed by atoms with van der Waals surface area (Å²) < 4.78 is 1.93. The van der Waals surface area contributed by atoms with Crippen molar-refractivity contribution in [3.05, 3.63) is 88.6 Å². The molecule has 0 N–H and O–H groups in total. The molecule has 0 saturated carbocycles. The Kier molecular flexibility index (Phi) is 4.71. The lowest BCUT2D eigenvalue weighted by Crippen LogP contribution is -2.19. The first-order valence-corrected chi connectivity index (χ1v) is 10.9. The van der Waals surface area contributed by atoms with Crippen LogP contribution < -0.4 is 5.01 Å². The standard InChI is InChI=1S/C24H23N5S/c1-16-9-11-19(12-10-16)21-13-23(20-14-25-28(3)17(20)2)29(27-21)24-26-22(15-30-24)18-7-5-4-6-8-18/h4-12,14-15,23H,13H2,1-3H3/t23-/m0/s1. The molecular formula is C24H23N5S. The van der Waals surface area contributed by atoms with E-state index in [0.717, 1.165) is 39.8 Å². The first kappa shape index (κ1) is 18.8. The van der Waals surface area contributed by atoms with Crippen LogP contribution in [0.15, 0.2) is 71.3 Å². The Morgan fingerprint density at radius 2 is 1.73 bits per heavy atom. The number of hydrazone groups is 1. The Morgan fingerprint density at radius 3 is 2.43 bits per heavy atom. The topological polar surface area (TPSA) is 46.3 Å². The Labute approximate surface area is 180 Å². The summed E-state index contributed by atoms with van der Waals surface area (Å²) in [6, 6.07) is 19.0. The molecular weight excluding hydrogens is 390 g/mol. The molecule has 1 atom stereocenters. The summed E-state index contributed by atoms with van der Waals surface area (Å²) in [6.45, 7) is 4.22. The molecule has 2 aromatic carbocycles. The monoisotopic (exact) mass is 413 g/mol. The number of benzene rings is 2. The van der Waals surface area contributed by atoms with E-state index in [1.807, 2.05) is 36.1 Å². The van der Waals surface area contributed by atoms with E-state index in [2.05, 4.69) is 65.7 Å². The van der Waals surface area contributed by atoms with Gasteiger partial charge in [0, 0.05) is 35.7 Å². The van der Waals surface area contributed by atoms with Crippen molar-refractivity contribution >= 4 is 22.2 Å². The number of hydrogen-bond acceptors (Lipinski definition) is 5. The zero-order valence-corrected chi connectivity index (χ0v) is 18.1. The van der Waals surface area contributed by atoms with Crippen LogP contribution in [0.1, 0.15) is 34.8 Å². The van der Waals surface area contributed by atoms with Crippen molar-refractivity contribution in [1.29, 1.82) is 0 Å². The molecule has 150 valence electrons. The van der Waals surface area contributed by atoms with Crippen LogP contribution in [0.3, 0.4) is 0 Å². The minimum Gasteiger partial charge on any atom is -0.273 e. The molecule has 6 heteroatoms. The molecule has 1 aliphatic rings. The Morgan fingerprint density at radius 1 is 0.967 bits per heavy atom. The van der Waals surface area contributed by atoms with Crippen LogP contribution in [0.25, 0.3) is 11.3 Å². The second-order valence-corrected chi connectivity index (χ2v) is 8.50. The summed E-state index contributed by atoms with van der Waals surface area (Å²) >= 11 is 1.63. The van der Waals surface area contributed by atoms with Crippen LogP contribution in [0.4, 0.5) is 5.13 Å². The Balaban J connectivity index is 1.55. The third-order valence-electron chi connectivity index (χ3n) is 5.68. The lowest BCUT2D eigenvalue weighted by molar-refractivity contribution is 0.691. The molecule has 4 aromatic rings. The van der Waals surface area contributed by atoms with Gasteiger partial charge in [-0.05, 0) is 19.4 Å². The van der Waals surface area contributed by atoms with Crippen molar-refractivity contribution in [2.24, 2.45) is 12.1 Å². The third kappa shape index (κ3) is 3.33. The van der Waals surface area contributed by atoms with Gasteiger partial charge >= 0.3 is 0 Å². The average molecular weight is 414 g/mol. The smallest absolute Gasteiger partial charge is 0.207 e. The molecule has 0 amide bonds. The maximum absolute atomic E-state index is 5.03. The molecule has 0 radical (unpaired) electrons. The second kappa shape index (κ2) is 7.54. The van der Waals surface area contributed by atoms with Crippen molar-refractivity contribution < 1.29 is 0 Å². The first-order valence-electron chi connectivity index (χ1n) is 10.0. The molecule has 0 spiro atoms. The van der Waals surface area contributed by atoms with Crippen molar-refractivity contribution in [1.82, 2.24) is 14.8 Å². The van der Waals surface area contributed by atoms with E-state index < -0.39 is 0 Å². The van der Waals surface area contributed by atoms with E-state index in [1.165, 1.54) is 11.1 Å². The van der Waals surface area contributed by atoms with E-state index in [-0.39, 0.29) is 6.04 Å². The number of nitrogens with zero attached hydrogens (tertiary/aromatic N) is 5. The molecule has 30 heavy (non-hydrogen) atoms. The molecule has 3 heterocycles. The van der Waals surface area contributed by atoms with E-state index in [4.69, 9.17) is 10.1 Å². The first-order chi connectivity index (χ1) is 14.6. The summed E-state index contributed by atoms with van der Waals surface area (Å²) in [6.07, 6.45) is 2.79. The Hall–Kier alpha value is -3.25. The largest absolute Gasteiger partial charge is 0.273 e. The lowest BCUT2D eigenvalue weighted by atomic mass is 9.98. The molecule has 5 nitrogen and oxygen atoms in total. The van der Waals surface area contributed by atoms with Gasteiger partial charge in [-0.2, -0.15) is 10.2 Å². The lowest BCUT2D eigenvalue weighted by Gasteiger charge is -2.20. The summed E-state index contributed by atoms with van der Waals surface area (Å²) in [5, 5.41) is 14.6. The number of aromatic nitrogens is 3. The predicted molar refractivity (Wildman–Crippen MR) is 123 cm³/mol. The zero-order chi connectivity index (χ0) is 20.7. The maximum Gasteiger partial charge on any atom is 0.207 e. The third-order valence-corrected chi connectivity index (χ3v) is 6.52. The fourth-order valence-corrected chi connectivity index (χ4v) is 4.64. The molecule has 0 unspecified atom stereocenters. The SMILES string of the molecule is Cc1ccc(C2=NN(c3nc(-c4ccccc4)cs3)[C@H](c3cnn(C)c3C)C2)cc1. The highest BCUT2D eigenvalue weighted by Crippen LogP contribution is 2.40. The highest BCUT2D eigenvalue weighted by molar-refractivity contribution is 7.14. The second-order valence-electron chi connectivity index (χ2n) is 7.67. The fourth-order valence-electron chi connectivity index (χ4n) is 3.80. The van der Waals surface area contributed by atoms with E-state index in [9.17, 15) is 0 Å². The van der Waals surface area contributed by atoms with Crippen LogP contribution in [0.2, 0.25) is 0 Å². The average Bonchev–Trinajstić information content (AvgIpc) is 3.49. The zero-order valence-electron chi connectivity index (χ0n) is 17.3. The number of thiazole rings is 1. The van der Waals surface area contributed by atoms with Crippen molar-refractivity contribution in [3.8, 4) is 11.3 Å². The highest BCUT2D eigenvalue weighted by Gasteiger charge is 2.33. The fraction of sp³-hybridized carbons (Fsp3) is 0.208. The molecule has 2 aromatic heterocycles. The van der Waals surface area contributed by atoms with Gasteiger partial charge in [0.15, 0.2) is 0 Å². The summed E-state index contributed by atoms with van der Waals surface area (Å²) in [5.41, 5.74) is 7.95. The highest BCUT2D eigenvalue weighted by atomic mass is 32.1. The minimum atomic E-state index is 0.0878. The van der Waals surface area contributed by atoms with Gasteiger partial charge in [-0.15, -0.1) is 11.3 Å². The molecule has 0 saturated heterocycles. The van der Waals surface area contributed by atoms with E-state index in [0.29, 0.717) is 0 Å². The normalized spacial score (nSPS) is 16.2. The van der Waals surface area contributed by atoms with Crippen LogP contribution >= 0.6 is 11.3 Å². The van der Waals surface area contributed by atoms with Gasteiger partial charge in [-0.25, -0.2) is 9.99 Å². The van der Waals surface area contributed by atoms with Gasteiger partial charge in [0.2, 0.25) is 5.13 Å². The quantitative estimate of drug-likeness (QED) is 0.443.